The molecule has 62 valence electrons. The highest BCUT2D eigenvalue weighted by Gasteiger charge is 2.06. The summed E-state index contributed by atoms with van der Waals surface area (Å²) >= 11 is 3.23. The van der Waals surface area contributed by atoms with Crippen LogP contribution < -0.4 is 0 Å². The smallest absolute Gasteiger partial charge is 0.150 e. The lowest BCUT2D eigenvalue weighted by Gasteiger charge is -1.93. The number of nitrogens with zero attached hydrogens (tertiary/aromatic N) is 2. The fourth-order valence-electron chi connectivity index (χ4n) is 1.18. The Morgan fingerprint density at radius 3 is 3.00 bits per heavy atom. The summed E-state index contributed by atoms with van der Waals surface area (Å²) in [5.41, 5.74) is 0.655. The SMILES string of the molecule is Cn1cc(F)c2ccc(Br)nc21. The van der Waals surface area contributed by atoms with E-state index in [1.165, 1.54) is 6.20 Å². The van der Waals surface area contributed by atoms with Crippen molar-refractivity contribution in [3.63, 3.8) is 0 Å². The molecule has 0 saturated heterocycles. The minimum absolute atomic E-state index is 0.229. The molecule has 12 heavy (non-hydrogen) atoms. The first-order valence-corrected chi connectivity index (χ1v) is 4.25. The summed E-state index contributed by atoms with van der Waals surface area (Å²) < 4.78 is 15.4. The second kappa shape index (κ2) is 2.55. The Kier molecular flexibility index (Phi) is 1.65. The Morgan fingerprint density at radius 1 is 1.50 bits per heavy atom. The van der Waals surface area contributed by atoms with Crippen LogP contribution in [-0.2, 0) is 7.05 Å². The minimum atomic E-state index is -0.229. The van der Waals surface area contributed by atoms with E-state index in [2.05, 4.69) is 20.9 Å². The van der Waals surface area contributed by atoms with Crippen LogP contribution >= 0.6 is 15.9 Å². The molecule has 0 amide bonds. The van der Waals surface area contributed by atoms with Crippen LogP contribution in [0.5, 0.6) is 0 Å². The molecule has 0 unspecified atom stereocenters. The lowest BCUT2D eigenvalue weighted by molar-refractivity contribution is 0.633. The van der Waals surface area contributed by atoms with Gasteiger partial charge in [-0.15, -0.1) is 0 Å². The molecule has 0 aliphatic carbocycles. The summed E-state index contributed by atoms with van der Waals surface area (Å²) in [5, 5.41) is 0.556. The fourth-order valence-corrected chi connectivity index (χ4v) is 1.48. The number of rotatable bonds is 0. The topological polar surface area (TPSA) is 17.8 Å². The lowest BCUT2D eigenvalue weighted by Crippen LogP contribution is -1.87. The van der Waals surface area contributed by atoms with Crippen LogP contribution in [0.2, 0.25) is 0 Å². The van der Waals surface area contributed by atoms with Crippen molar-refractivity contribution in [2.24, 2.45) is 7.05 Å². The highest BCUT2D eigenvalue weighted by atomic mass is 79.9. The van der Waals surface area contributed by atoms with Crippen LogP contribution in [0.15, 0.2) is 22.9 Å². The molecular formula is C8H6BrFN2. The summed E-state index contributed by atoms with van der Waals surface area (Å²) in [5.74, 6) is -0.229. The van der Waals surface area contributed by atoms with Gasteiger partial charge in [-0.3, -0.25) is 0 Å². The summed E-state index contributed by atoms with van der Waals surface area (Å²) in [6.07, 6.45) is 1.42. The normalized spacial score (nSPS) is 10.9. The highest BCUT2D eigenvalue weighted by Crippen LogP contribution is 2.19. The quantitative estimate of drug-likeness (QED) is 0.634. The fraction of sp³-hybridized carbons (Fsp3) is 0.125. The van der Waals surface area contributed by atoms with Gasteiger partial charge in [0.1, 0.15) is 16.1 Å². The maximum absolute atomic E-state index is 13.1. The van der Waals surface area contributed by atoms with E-state index in [1.807, 2.05) is 0 Å². The number of hydrogen-bond donors (Lipinski definition) is 0. The maximum atomic E-state index is 13.1. The first kappa shape index (κ1) is 7.73. The van der Waals surface area contributed by atoms with Gasteiger partial charge < -0.3 is 4.57 Å². The molecule has 4 heteroatoms. The molecule has 0 atom stereocenters. The second-order valence-corrected chi connectivity index (χ2v) is 3.41. The van der Waals surface area contributed by atoms with Crippen molar-refractivity contribution in [1.29, 1.82) is 0 Å². The van der Waals surface area contributed by atoms with E-state index in [-0.39, 0.29) is 5.82 Å². The molecule has 2 heterocycles. The predicted octanol–water partition coefficient (Wildman–Crippen LogP) is 2.47. The number of pyridine rings is 1. The van der Waals surface area contributed by atoms with Crippen molar-refractivity contribution in [1.82, 2.24) is 9.55 Å². The Bertz CT molecular complexity index is 436. The summed E-state index contributed by atoms with van der Waals surface area (Å²) in [6, 6.07) is 3.44. The standard InChI is InChI=1S/C8H6BrFN2/c1-12-4-6(10)5-2-3-7(9)11-8(5)12/h2-4H,1H3. The van der Waals surface area contributed by atoms with E-state index in [0.717, 1.165) is 4.60 Å². The first-order chi connectivity index (χ1) is 5.68. The average molecular weight is 229 g/mol. The van der Waals surface area contributed by atoms with Gasteiger partial charge >= 0.3 is 0 Å². The first-order valence-electron chi connectivity index (χ1n) is 3.45. The zero-order chi connectivity index (χ0) is 8.72. The number of aryl methyl sites for hydroxylation is 1. The number of fused-ring (bicyclic) bond motifs is 1. The van der Waals surface area contributed by atoms with Crippen molar-refractivity contribution in [3.05, 3.63) is 28.7 Å². The van der Waals surface area contributed by atoms with Crippen LogP contribution in [0.25, 0.3) is 11.0 Å². The van der Waals surface area contributed by atoms with E-state index in [1.54, 1.807) is 23.7 Å². The van der Waals surface area contributed by atoms with Crippen LogP contribution in [0.3, 0.4) is 0 Å². The molecule has 0 aromatic carbocycles. The van der Waals surface area contributed by atoms with E-state index in [9.17, 15) is 4.39 Å². The average Bonchev–Trinajstić information content (AvgIpc) is 2.28. The largest absolute Gasteiger partial charge is 0.333 e. The van der Waals surface area contributed by atoms with Gasteiger partial charge in [0.2, 0.25) is 0 Å². The zero-order valence-corrected chi connectivity index (χ0v) is 7.97. The molecule has 0 spiro atoms. The van der Waals surface area contributed by atoms with Gasteiger partial charge in [-0.1, -0.05) is 0 Å². The molecule has 2 aromatic heterocycles. The Labute approximate surface area is 77.1 Å². The van der Waals surface area contributed by atoms with Gasteiger partial charge in [0.15, 0.2) is 0 Å². The molecule has 0 fully saturated rings. The molecule has 0 aliphatic heterocycles. The zero-order valence-electron chi connectivity index (χ0n) is 6.38. The summed E-state index contributed by atoms with van der Waals surface area (Å²) in [6.45, 7) is 0. The van der Waals surface area contributed by atoms with Gasteiger partial charge in [-0.2, -0.15) is 0 Å². The molecule has 0 N–H and O–H groups in total. The molecule has 2 rings (SSSR count). The third-order valence-corrected chi connectivity index (χ3v) is 2.18. The van der Waals surface area contributed by atoms with Crippen LogP contribution in [0.1, 0.15) is 0 Å². The second-order valence-electron chi connectivity index (χ2n) is 2.59. The van der Waals surface area contributed by atoms with Gasteiger partial charge in [-0.05, 0) is 28.1 Å². The molecule has 0 radical (unpaired) electrons. The summed E-state index contributed by atoms with van der Waals surface area (Å²) in [7, 11) is 1.77. The van der Waals surface area contributed by atoms with E-state index >= 15 is 0 Å². The molecule has 2 nitrogen and oxygen atoms in total. The Balaban J connectivity index is 2.90. The third-order valence-electron chi connectivity index (χ3n) is 1.74. The minimum Gasteiger partial charge on any atom is -0.333 e. The third kappa shape index (κ3) is 1.03. The van der Waals surface area contributed by atoms with Gasteiger partial charge in [0.25, 0.3) is 0 Å². The highest BCUT2D eigenvalue weighted by molar-refractivity contribution is 9.10. The van der Waals surface area contributed by atoms with Crippen molar-refractivity contribution in [2.45, 2.75) is 0 Å². The van der Waals surface area contributed by atoms with Gasteiger partial charge in [0.05, 0.1) is 5.39 Å². The molecule has 0 saturated carbocycles. The van der Waals surface area contributed by atoms with E-state index in [4.69, 9.17) is 0 Å². The van der Waals surface area contributed by atoms with Gasteiger partial charge in [0, 0.05) is 13.2 Å². The van der Waals surface area contributed by atoms with Gasteiger partial charge in [-0.25, -0.2) is 9.37 Å². The molecular weight excluding hydrogens is 223 g/mol. The molecule has 0 aliphatic rings. The van der Waals surface area contributed by atoms with E-state index in [0.29, 0.717) is 11.0 Å². The number of aromatic nitrogens is 2. The Hall–Kier alpha value is -0.900. The van der Waals surface area contributed by atoms with Crippen LogP contribution in [0.4, 0.5) is 4.39 Å². The van der Waals surface area contributed by atoms with Crippen molar-refractivity contribution >= 4 is 27.0 Å². The summed E-state index contributed by atoms with van der Waals surface area (Å²) in [4.78, 5) is 4.14. The maximum Gasteiger partial charge on any atom is 0.150 e. The van der Waals surface area contributed by atoms with E-state index < -0.39 is 0 Å². The monoisotopic (exact) mass is 228 g/mol. The van der Waals surface area contributed by atoms with Crippen LogP contribution in [-0.4, -0.2) is 9.55 Å². The van der Waals surface area contributed by atoms with Crippen molar-refractivity contribution < 1.29 is 4.39 Å². The molecule has 2 aromatic rings. The number of hydrogen-bond acceptors (Lipinski definition) is 1. The predicted molar refractivity (Wildman–Crippen MR) is 48.4 cm³/mol. The van der Waals surface area contributed by atoms with Crippen molar-refractivity contribution in [2.75, 3.05) is 0 Å². The van der Waals surface area contributed by atoms with Crippen LogP contribution in [0, 0.1) is 5.82 Å². The molecule has 0 bridgehead atoms. The lowest BCUT2D eigenvalue weighted by atomic mass is 10.3. The Morgan fingerprint density at radius 2 is 2.25 bits per heavy atom. The van der Waals surface area contributed by atoms with Crippen molar-refractivity contribution in [3.8, 4) is 0 Å². The number of halogens is 2.